The van der Waals surface area contributed by atoms with Crippen LogP contribution in [0, 0.1) is 11.3 Å². The second kappa shape index (κ2) is 6.53. The van der Waals surface area contributed by atoms with Gasteiger partial charge < -0.3 is 15.8 Å². The van der Waals surface area contributed by atoms with Crippen molar-refractivity contribution < 1.29 is 9.53 Å². The Morgan fingerprint density at radius 2 is 2.06 bits per heavy atom. The highest BCUT2D eigenvalue weighted by Crippen LogP contribution is 2.32. The maximum Gasteiger partial charge on any atom is 0.220 e. The number of hydrogen-bond donors (Lipinski definition) is 2. The SMILES string of the molecule is CCOC1CC(CC(=O)NC(CN)C(C)(C)C)C1. The maximum absolute atomic E-state index is 11.9. The molecule has 0 bridgehead atoms. The molecule has 0 aromatic heterocycles. The van der Waals surface area contributed by atoms with E-state index < -0.39 is 0 Å². The third-order valence-electron chi connectivity index (χ3n) is 3.69. The summed E-state index contributed by atoms with van der Waals surface area (Å²) in [5.74, 6) is 0.611. The lowest BCUT2D eigenvalue weighted by Gasteiger charge is -2.36. The van der Waals surface area contributed by atoms with Crippen LogP contribution in [0.15, 0.2) is 0 Å². The number of amides is 1. The van der Waals surface area contributed by atoms with E-state index in [0.717, 1.165) is 19.4 Å². The number of nitrogens with one attached hydrogen (secondary N) is 1. The summed E-state index contributed by atoms with van der Waals surface area (Å²) in [6.07, 6.45) is 3.02. The molecular weight excluding hydrogens is 228 g/mol. The van der Waals surface area contributed by atoms with E-state index in [1.54, 1.807) is 0 Å². The molecule has 1 amide bonds. The Bertz CT molecular complexity index is 267. The minimum Gasteiger partial charge on any atom is -0.378 e. The summed E-state index contributed by atoms with van der Waals surface area (Å²) in [6, 6.07) is 0.0489. The van der Waals surface area contributed by atoms with E-state index in [0.29, 0.717) is 25.0 Å². The number of rotatable bonds is 6. The molecule has 0 aromatic carbocycles. The van der Waals surface area contributed by atoms with Gasteiger partial charge in [0.25, 0.3) is 0 Å². The van der Waals surface area contributed by atoms with E-state index in [1.165, 1.54) is 0 Å². The second-order valence-electron chi connectivity index (χ2n) is 6.34. The molecule has 0 radical (unpaired) electrons. The van der Waals surface area contributed by atoms with Crippen LogP contribution in [0.2, 0.25) is 0 Å². The van der Waals surface area contributed by atoms with E-state index in [-0.39, 0.29) is 17.4 Å². The van der Waals surface area contributed by atoms with E-state index in [2.05, 4.69) is 26.1 Å². The van der Waals surface area contributed by atoms with Gasteiger partial charge in [-0.2, -0.15) is 0 Å². The Balaban J connectivity index is 2.26. The first-order valence-electron chi connectivity index (χ1n) is 6.97. The topological polar surface area (TPSA) is 64.3 Å². The van der Waals surface area contributed by atoms with Crippen LogP contribution in [-0.2, 0) is 9.53 Å². The van der Waals surface area contributed by atoms with Crippen molar-refractivity contribution >= 4 is 5.91 Å². The maximum atomic E-state index is 11.9. The van der Waals surface area contributed by atoms with Crippen LogP contribution in [0.4, 0.5) is 0 Å². The lowest BCUT2D eigenvalue weighted by molar-refractivity contribution is -0.125. The Morgan fingerprint density at radius 1 is 1.44 bits per heavy atom. The largest absolute Gasteiger partial charge is 0.378 e. The molecule has 1 aliphatic rings. The van der Waals surface area contributed by atoms with Gasteiger partial charge in [0.2, 0.25) is 5.91 Å². The van der Waals surface area contributed by atoms with Crippen LogP contribution in [-0.4, -0.2) is 31.2 Å². The minimum atomic E-state index is 0.0118. The second-order valence-corrected chi connectivity index (χ2v) is 6.34. The van der Waals surface area contributed by atoms with Crippen LogP contribution in [0.25, 0.3) is 0 Å². The fraction of sp³-hybridized carbons (Fsp3) is 0.929. The number of ether oxygens (including phenoxy) is 1. The zero-order chi connectivity index (χ0) is 13.8. The summed E-state index contributed by atoms with van der Waals surface area (Å²) in [4.78, 5) is 11.9. The molecule has 4 heteroatoms. The summed E-state index contributed by atoms with van der Waals surface area (Å²) in [6.45, 7) is 9.55. The van der Waals surface area contributed by atoms with Gasteiger partial charge in [-0.25, -0.2) is 0 Å². The van der Waals surface area contributed by atoms with Gasteiger partial charge in [-0.05, 0) is 31.1 Å². The highest BCUT2D eigenvalue weighted by atomic mass is 16.5. The Hall–Kier alpha value is -0.610. The monoisotopic (exact) mass is 256 g/mol. The molecule has 18 heavy (non-hydrogen) atoms. The van der Waals surface area contributed by atoms with Crippen molar-refractivity contribution in [2.24, 2.45) is 17.1 Å². The molecule has 1 aliphatic carbocycles. The van der Waals surface area contributed by atoms with Crippen molar-refractivity contribution in [2.75, 3.05) is 13.2 Å². The summed E-state index contributed by atoms with van der Waals surface area (Å²) < 4.78 is 5.49. The number of carbonyl (C=O) groups excluding carboxylic acids is 1. The molecule has 3 N–H and O–H groups in total. The van der Waals surface area contributed by atoms with Crippen LogP contribution < -0.4 is 11.1 Å². The zero-order valence-electron chi connectivity index (χ0n) is 12.2. The lowest BCUT2D eigenvalue weighted by atomic mass is 9.79. The molecule has 1 saturated carbocycles. The predicted molar refractivity (Wildman–Crippen MR) is 73.2 cm³/mol. The smallest absolute Gasteiger partial charge is 0.220 e. The van der Waals surface area contributed by atoms with Gasteiger partial charge in [-0.1, -0.05) is 20.8 Å². The number of hydrogen-bond acceptors (Lipinski definition) is 3. The first-order chi connectivity index (χ1) is 8.36. The molecule has 1 rings (SSSR count). The summed E-state index contributed by atoms with van der Waals surface area (Å²) in [5, 5.41) is 3.05. The van der Waals surface area contributed by atoms with Crippen LogP contribution in [0.1, 0.15) is 47.0 Å². The standard InChI is InChI=1S/C14H28N2O2/c1-5-18-11-6-10(7-11)8-13(17)16-12(9-15)14(2,3)4/h10-12H,5-9,15H2,1-4H3,(H,16,17). The average molecular weight is 256 g/mol. The first kappa shape index (κ1) is 15.4. The molecule has 1 unspecified atom stereocenters. The van der Waals surface area contributed by atoms with Crippen molar-refractivity contribution in [3.05, 3.63) is 0 Å². The molecule has 1 fully saturated rings. The van der Waals surface area contributed by atoms with Gasteiger partial charge in [0.1, 0.15) is 0 Å². The van der Waals surface area contributed by atoms with Gasteiger partial charge in [-0.15, -0.1) is 0 Å². The summed E-state index contributed by atoms with van der Waals surface area (Å²) in [5.41, 5.74) is 5.72. The fourth-order valence-corrected chi connectivity index (χ4v) is 2.36. The third kappa shape index (κ3) is 4.58. The molecular formula is C14H28N2O2. The Labute approximate surface area is 111 Å². The van der Waals surface area contributed by atoms with Crippen molar-refractivity contribution in [3.8, 4) is 0 Å². The van der Waals surface area contributed by atoms with Gasteiger partial charge in [0.05, 0.1) is 6.10 Å². The quantitative estimate of drug-likeness (QED) is 0.760. The van der Waals surface area contributed by atoms with Crippen LogP contribution in [0.5, 0.6) is 0 Å². The highest BCUT2D eigenvalue weighted by molar-refractivity contribution is 5.76. The van der Waals surface area contributed by atoms with Crippen molar-refractivity contribution in [3.63, 3.8) is 0 Å². The third-order valence-corrected chi connectivity index (χ3v) is 3.69. The van der Waals surface area contributed by atoms with Crippen LogP contribution in [0.3, 0.4) is 0 Å². The molecule has 0 aliphatic heterocycles. The van der Waals surface area contributed by atoms with E-state index >= 15 is 0 Å². The molecule has 0 heterocycles. The molecule has 106 valence electrons. The molecule has 0 saturated heterocycles. The van der Waals surface area contributed by atoms with Gasteiger partial charge >= 0.3 is 0 Å². The number of nitrogens with two attached hydrogens (primary N) is 1. The van der Waals surface area contributed by atoms with E-state index in [1.807, 2.05) is 6.92 Å². The average Bonchev–Trinajstić information content (AvgIpc) is 2.21. The van der Waals surface area contributed by atoms with Gasteiger partial charge in [0, 0.05) is 25.6 Å². The molecule has 1 atom stereocenters. The van der Waals surface area contributed by atoms with Crippen molar-refractivity contribution in [2.45, 2.75) is 59.1 Å². The zero-order valence-corrected chi connectivity index (χ0v) is 12.2. The highest BCUT2D eigenvalue weighted by Gasteiger charge is 2.32. The molecule has 4 nitrogen and oxygen atoms in total. The Morgan fingerprint density at radius 3 is 2.50 bits per heavy atom. The molecule has 0 spiro atoms. The molecule has 0 aromatic rings. The Kier molecular flexibility index (Phi) is 5.60. The number of carbonyl (C=O) groups is 1. The summed E-state index contributed by atoms with van der Waals surface area (Å²) >= 11 is 0. The first-order valence-corrected chi connectivity index (χ1v) is 6.97. The summed E-state index contributed by atoms with van der Waals surface area (Å²) in [7, 11) is 0. The van der Waals surface area contributed by atoms with E-state index in [9.17, 15) is 4.79 Å². The lowest BCUT2D eigenvalue weighted by Crippen LogP contribution is -2.49. The van der Waals surface area contributed by atoms with Crippen molar-refractivity contribution in [1.29, 1.82) is 0 Å². The normalized spacial score (nSPS) is 25.4. The van der Waals surface area contributed by atoms with Gasteiger partial charge in [-0.3, -0.25) is 4.79 Å². The van der Waals surface area contributed by atoms with E-state index in [4.69, 9.17) is 10.5 Å². The fourth-order valence-electron chi connectivity index (χ4n) is 2.36. The minimum absolute atomic E-state index is 0.0118. The predicted octanol–water partition coefficient (Wildman–Crippen LogP) is 1.68. The van der Waals surface area contributed by atoms with Crippen molar-refractivity contribution in [1.82, 2.24) is 5.32 Å². The van der Waals surface area contributed by atoms with Gasteiger partial charge in [0.15, 0.2) is 0 Å². The van der Waals surface area contributed by atoms with Crippen LogP contribution >= 0.6 is 0 Å².